The molecule has 0 aromatic carbocycles. The zero-order valence-corrected chi connectivity index (χ0v) is 10.00. The molecule has 2 aliphatic rings. The van der Waals surface area contributed by atoms with E-state index in [9.17, 15) is 4.79 Å². The number of rotatable bonds is 4. The Morgan fingerprint density at radius 2 is 2.38 bits per heavy atom. The maximum Gasteiger partial charge on any atom is 0.225 e. The van der Waals surface area contributed by atoms with E-state index in [0.29, 0.717) is 0 Å². The molecule has 0 spiro atoms. The molecule has 3 unspecified atom stereocenters. The molecule has 1 amide bonds. The molecule has 2 fully saturated rings. The fourth-order valence-electron chi connectivity index (χ4n) is 2.57. The van der Waals surface area contributed by atoms with Crippen LogP contribution in [0.5, 0.6) is 0 Å². The van der Waals surface area contributed by atoms with Crippen molar-refractivity contribution >= 4 is 5.91 Å². The number of nitrogens with one attached hydrogen (secondary N) is 2. The van der Waals surface area contributed by atoms with Crippen molar-refractivity contribution < 1.29 is 9.53 Å². The van der Waals surface area contributed by atoms with Crippen molar-refractivity contribution in [3.05, 3.63) is 0 Å². The summed E-state index contributed by atoms with van der Waals surface area (Å²) in [6, 6.07) is 0. The molecule has 4 nitrogen and oxygen atoms in total. The predicted molar refractivity (Wildman–Crippen MR) is 62.1 cm³/mol. The van der Waals surface area contributed by atoms with Gasteiger partial charge in [-0.05, 0) is 45.2 Å². The third kappa shape index (κ3) is 2.95. The predicted octanol–water partition coefficient (Wildman–Crippen LogP) is 0.527. The summed E-state index contributed by atoms with van der Waals surface area (Å²) in [4.78, 5) is 11.8. The van der Waals surface area contributed by atoms with E-state index in [0.717, 1.165) is 45.0 Å². The van der Waals surface area contributed by atoms with Crippen LogP contribution in [0, 0.1) is 11.8 Å². The van der Waals surface area contributed by atoms with Gasteiger partial charge in [-0.2, -0.15) is 0 Å². The molecule has 0 aliphatic carbocycles. The second-order valence-electron chi connectivity index (χ2n) is 4.91. The van der Waals surface area contributed by atoms with Gasteiger partial charge in [0.25, 0.3) is 0 Å². The van der Waals surface area contributed by atoms with Crippen molar-refractivity contribution in [2.75, 3.05) is 26.2 Å². The topological polar surface area (TPSA) is 50.4 Å². The van der Waals surface area contributed by atoms with Crippen LogP contribution in [-0.4, -0.2) is 38.3 Å². The van der Waals surface area contributed by atoms with E-state index >= 15 is 0 Å². The highest BCUT2D eigenvalue weighted by molar-refractivity contribution is 5.79. The number of amides is 1. The summed E-state index contributed by atoms with van der Waals surface area (Å²) in [5, 5.41) is 6.38. The third-order valence-electron chi connectivity index (χ3n) is 3.73. The Hall–Kier alpha value is -0.610. The number of carbonyl (C=O) groups excluding carboxylic acids is 1. The van der Waals surface area contributed by atoms with Crippen molar-refractivity contribution in [2.24, 2.45) is 11.8 Å². The van der Waals surface area contributed by atoms with Crippen molar-refractivity contribution in [1.29, 1.82) is 0 Å². The zero-order chi connectivity index (χ0) is 11.4. The normalized spacial score (nSPS) is 34.2. The lowest BCUT2D eigenvalue weighted by Crippen LogP contribution is -2.35. The first kappa shape index (κ1) is 11.9. The third-order valence-corrected chi connectivity index (χ3v) is 3.73. The minimum absolute atomic E-state index is 0.0710. The quantitative estimate of drug-likeness (QED) is 0.735. The van der Waals surface area contributed by atoms with Crippen LogP contribution >= 0.6 is 0 Å². The monoisotopic (exact) mass is 226 g/mol. The van der Waals surface area contributed by atoms with Gasteiger partial charge in [-0.3, -0.25) is 4.79 Å². The van der Waals surface area contributed by atoms with Crippen LogP contribution < -0.4 is 10.6 Å². The Balaban J connectivity index is 1.63. The average molecular weight is 226 g/mol. The summed E-state index contributed by atoms with van der Waals surface area (Å²) >= 11 is 0. The summed E-state index contributed by atoms with van der Waals surface area (Å²) in [5.41, 5.74) is 0. The smallest absolute Gasteiger partial charge is 0.225 e. The number of ether oxygens (including phenoxy) is 1. The van der Waals surface area contributed by atoms with Crippen LogP contribution in [0.1, 0.15) is 26.2 Å². The maximum absolute atomic E-state index is 11.8. The highest BCUT2D eigenvalue weighted by Gasteiger charge is 2.30. The SMILES string of the molecule is CC1OCCC1C(=O)NCCC1CCNC1. The lowest BCUT2D eigenvalue weighted by Gasteiger charge is -2.15. The Morgan fingerprint density at radius 1 is 1.50 bits per heavy atom. The molecule has 2 rings (SSSR count). The standard InChI is InChI=1S/C12H22N2O2/c1-9-11(4-7-16-9)12(15)14-6-3-10-2-5-13-8-10/h9-11,13H,2-8H2,1H3,(H,14,15). The lowest BCUT2D eigenvalue weighted by atomic mass is 10.0. The highest BCUT2D eigenvalue weighted by atomic mass is 16.5. The molecule has 2 saturated heterocycles. The van der Waals surface area contributed by atoms with Gasteiger partial charge in [-0.1, -0.05) is 0 Å². The molecular formula is C12H22N2O2. The van der Waals surface area contributed by atoms with E-state index in [2.05, 4.69) is 10.6 Å². The molecule has 2 aliphatic heterocycles. The van der Waals surface area contributed by atoms with Crippen LogP contribution in [0.2, 0.25) is 0 Å². The second-order valence-corrected chi connectivity index (χ2v) is 4.91. The van der Waals surface area contributed by atoms with Crippen LogP contribution in [0.3, 0.4) is 0 Å². The molecule has 0 aromatic rings. The van der Waals surface area contributed by atoms with Crippen LogP contribution in [0.15, 0.2) is 0 Å². The minimum Gasteiger partial charge on any atom is -0.378 e. The van der Waals surface area contributed by atoms with Crippen LogP contribution in [-0.2, 0) is 9.53 Å². The van der Waals surface area contributed by atoms with Gasteiger partial charge >= 0.3 is 0 Å². The molecule has 3 atom stereocenters. The molecule has 92 valence electrons. The number of hydrogen-bond donors (Lipinski definition) is 2. The van der Waals surface area contributed by atoms with Gasteiger partial charge < -0.3 is 15.4 Å². The van der Waals surface area contributed by atoms with Crippen LogP contribution in [0.25, 0.3) is 0 Å². The fourth-order valence-corrected chi connectivity index (χ4v) is 2.57. The zero-order valence-electron chi connectivity index (χ0n) is 10.00. The Labute approximate surface area is 97.1 Å². The Morgan fingerprint density at radius 3 is 3.00 bits per heavy atom. The molecule has 16 heavy (non-hydrogen) atoms. The molecule has 2 heterocycles. The largest absolute Gasteiger partial charge is 0.378 e. The second kappa shape index (κ2) is 5.64. The maximum atomic E-state index is 11.8. The molecule has 0 radical (unpaired) electrons. The highest BCUT2D eigenvalue weighted by Crippen LogP contribution is 2.20. The van der Waals surface area contributed by atoms with E-state index in [1.54, 1.807) is 0 Å². The van der Waals surface area contributed by atoms with Crippen molar-refractivity contribution in [3.63, 3.8) is 0 Å². The summed E-state index contributed by atoms with van der Waals surface area (Å²) in [6.07, 6.45) is 3.31. The van der Waals surface area contributed by atoms with Crippen LogP contribution in [0.4, 0.5) is 0 Å². The number of carbonyl (C=O) groups is 1. The molecule has 4 heteroatoms. The summed E-state index contributed by atoms with van der Waals surface area (Å²) in [7, 11) is 0. The van der Waals surface area contributed by atoms with Crippen molar-refractivity contribution in [1.82, 2.24) is 10.6 Å². The Kier molecular flexibility index (Phi) is 4.18. The number of hydrogen-bond acceptors (Lipinski definition) is 3. The molecule has 0 bridgehead atoms. The first-order valence-corrected chi connectivity index (χ1v) is 6.37. The summed E-state index contributed by atoms with van der Waals surface area (Å²) < 4.78 is 5.40. The van der Waals surface area contributed by atoms with E-state index in [1.807, 2.05) is 6.92 Å². The van der Waals surface area contributed by atoms with E-state index in [-0.39, 0.29) is 17.9 Å². The molecule has 0 saturated carbocycles. The minimum atomic E-state index is 0.0710. The van der Waals surface area contributed by atoms with Gasteiger partial charge in [-0.15, -0.1) is 0 Å². The van der Waals surface area contributed by atoms with Gasteiger partial charge in [0, 0.05) is 13.2 Å². The molecule has 2 N–H and O–H groups in total. The Bertz CT molecular complexity index is 239. The molecule has 0 aromatic heterocycles. The van der Waals surface area contributed by atoms with E-state index < -0.39 is 0 Å². The fraction of sp³-hybridized carbons (Fsp3) is 0.917. The van der Waals surface area contributed by atoms with Gasteiger partial charge in [0.15, 0.2) is 0 Å². The summed E-state index contributed by atoms with van der Waals surface area (Å²) in [5.74, 6) is 0.996. The van der Waals surface area contributed by atoms with E-state index in [4.69, 9.17) is 4.74 Å². The molecular weight excluding hydrogens is 204 g/mol. The first-order valence-electron chi connectivity index (χ1n) is 6.37. The lowest BCUT2D eigenvalue weighted by molar-refractivity contribution is -0.126. The van der Waals surface area contributed by atoms with E-state index in [1.165, 1.54) is 6.42 Å². The van der Waals surface area contributed by atoms with Crippen molar-refractivity contribution in [3.8, 4) is 0 Å². The first-order chi connectivity index (χ1) is 7.77. The van der Waals surface area contributed by atoms with Gasteiger partial charge in [0.1, 0.15) is 0 Å². The van der Waals surface area contributed by atoms with Gasteiger partial charge in [-0.25, -0.2) is 0 Å². The summed E-state index contributed by atoms with van der Waals surface area (Å²) in [6.45, 7) is 5.77. The average Bonchev–Trinajstić information content (AvgIpc) is 2.88. The van der Waals surface area contributed by atoms with Crippen molar-refractivity contribution in [2.45, 2.75) is 32.3 Å². The van der Waals surface area contributed by atoms with Gasteiger partial charge in [0.2, 0.25) is 5.91 Å². The van der Waals surface area contributed by atoms with Gasteiger partial charge in [0.05, 0.1) is 12.0 Å².